The molecule has 3 rings (SSSR count). The highest BCUT2D eigenvalue weighted by atomic mass is 16.5. The van der Waals surface area contributed by atoms with Crippen LogP contribution >= 0.6 is 0 Å². The Morgan fingerprint density at radius 2 is 2.15 bits per heavy atom. The predicted molar refractivity (Wildman–Crippen MR) is 96.1 cm³/mol. The topological polar surface area (TPSA) is 111 Å². The fourth-order valence-electron chi connectivity index (χ4n) is 3.12. The van der Waals surface area contributed by atoms with Crippen LogP contribution in [0.25, 0.3) is 11.0 Å². The molecule has 142 valence electrons. The molecule has 1 atom stereocenters. The molecular formula is C18H20N4O5. The van der Waals surface area contributed by atoms with E-state index in [1.54, 1.807) is 25.3 Å². The minimum atomic E-state index is -0.592. The predicted octanol–water partition coefficient (Wildman–Crippen LogP) is -0.173. The lowest BCUT2D eigenvalue weighted by Gasteiger charge is -2.35. The Hall–Kier alpha value is -3.23. The number of hydrogen-bond donors (Lipinski definition) is 1. The molecule has 0 aliphatic carbocycles. The van der Waals surface area contributed by atoms with E-state index >= 15 is 0 Å². The van der Waals surface area contributed by atoms with Crippen LogP contribution in [0, 0.1) is 0 Å². The maximum atomic E-state index is 13.1. The van der Waals surface area contributed by atoms with E-state index in [9.17, 15) is 19.2 Å². The summed E-state index contributed by atoms with van der Waals surface area (Å²) in [5.74, 6) is -1.40. The summed E-state index contributed by atoms with van der Waals surface area (Å²) in [6, 6.07) is 4.35. The van der Waals surface area contributed by atoms with Crippen LogP contribution in [0.4, 0.5) is 0 Å². The molecule has 1 fully saturated rings. The van der Waals surface area contributed by atoms with Gasteiger partial charge in [0.1, 0.15) is 17.8 Å². The van der Waals surface area contributed by atoms with Gasteiger partial charge in [-0.3, -0.25) is 23.7 Å². The summed E-state index contributed by atoms with van der Waals surface area (Å²) >= 11 is 0. The highest BCUT2D eigenvalue weighted by molar-refractivity contribution is 5.99. The molecule has 0 radical (unpaired) electrons. The second-order valence-electron chi connectivity index (χ2n) is 6.24. The number of fused-ring (bicyclic) bond motifs is 1. The van der Waals surface area contributed by atoms with E-state index in [2.05, 4.69) is 10.3 Å². The molecule has 2 aromatic heterocycles. The second kappa shape index (κ2) is 7.56. The summed E-state index contributed by atoms with van der Waals surface area (Å²) in [5.41, 5.74) is -0.118. The lowest BCUT2D eigenvalue weighted by Crippen LogP contribution is -2.57. The van der Waals surface area contributed by atoms with Crippen molar-refractivity contribution >= 4 is 28.8 Å². The van der Waals surface area contributed by atoms with Crippen LogP contribution in [0.3, 0.4) is 0 Å². The molecule has 0 aromatic carbocycles. The molecule has 0 saturated carbocycles. The molecule has 0 bridgehead atoms. The first kappa shape index (κ1) is 18.6. The van der Waals surface area contributed by atoms with E-state index in [0.29, 0.717) is 11.0 Å². The number of nitrogens with zero attached hydrogens (tertiary/aromatic N) is 3. The van der Waals surface area contributed by atoms with Gasteiger partial charge in [-0.25, -0.2) is 4.98 Å². The van der Waals surface area contributed by atoms with Crippen molar-refractivity contribution in [3.63, 3.8) is 0 Å². The Morgan fingerprint density at radius 1 is 1.37 bits per heavy atom. The second-order valence-corrected chi connectivity index (χ2v) is 6.24. The lowest BCUT2D eigenvalue weighted by atomic mass is 10.1. The van der Waals surface area contributed by atoms with Gasteiger partial charge in [-0.1, -0.05) is 0 Å². The Labute approximate surface area is 154 Å². The number of carbonyl (C=O) groups excluding carboxylic acids is 3. The summed E-state index contributed by atoms with van der Waals surface area (Å²) in [4.78, 5) is 54.8. The summed E-state index contributed by atoms with van der Waals surface area (Å²) in [6.45, 7) is 1.82. The normalized spacial score (nSPS) is 16.9. The van der Waals surface area contributed by atoms with Crippen molar-refractivity contribution in [1.82, 2.24) is 19.8 Å². The van der Waals surface area contributed by atoms with Crippen molar-refractivity contribution in [3.8, 4) is 0 Å². The monoisotopic (exact) mass is 372 g/mol. The molecule has 0 spiro atoms. The highest BCUT2D eigenvalue weighted by Gasteiger charge is 2.34. The number of esters is 1. The number of nitrogens with one attached hydrogen (secondary N) is 1. The number of aryl methyl sites for hydroxylation is 1. The van der Waals surface area contributed by atoms with Crippen LogP contribution in [-0.4, -0.2) is 58.0 Å². The summed E-state index contributed by atoms with van der Waals surface area (Å²) in [6.07, 6.45) is 1.50. The van der Waals surface area contributed by atoms with Crippen molar-refractivity contribution in [1.29, 1.82) is 0 Å². The maximum Gasteiger partial charge on any atom is 0.307 e. The van der Waals surface area contributed by atoms with E-state index in [-0.39, 0.29) is 37.6 Å². The summed E-state index contributed by atoms with van der Waals surface area (Å²) in [7, 11) is 1.54. The molecule has 2 aromatic rings. The van der Waals surface area contributed by atoms with Gasteiger partial charge in [0.05, 0.1) is 19.1 Å². The van der Waals surface area contributed by atoms with Crippen LogP contribution in [0.5, 0.6) is 0 Å². The van der Waals surface area contributed by atoms with Gasteiger partial charge in [-0.15, -0.1) is 0 Å². The van der Waals surface area contributed by atoms with Crippen LogP contribution in [0.2, 0.25) is 0 Å². The van der Waals surface area contributed by atoms with Gasteiger partial charge in [-0.05, 0) is 25.1 Å². The third-order valence-electron chi connectivity index (χ3n) is 4.46. The molecule has 1 aliphatic heterocycles. The van der Waals surface area contributed by atoms with E-state index in [0.717, 1.165) is 0 Å². The van der Waals surface area contributed by atoms with Crippen LogP contribution < -0.4 is 10.9 Å². The Morgan fingerprint density at radius 3 is 2.89 bits per heavy atom. The third kappa shape index (κ3) is 3.67. The number of amides is 2. The molecule has 1 saturated heterocycles. The van der Waals surface area contributed by atoms with Gasteiger partial charge in [-0.2, -0.15) is 0 Å². The summed E-state index contributed by atoms with van der Waals surface area (Å²) in [5, 5.41) is 3.27. The number of rotatable bonds is 4. The zero-order valence-electron chi connectivity index (χ0n) is 15.1. The Balaban J connectivity index is 1.97. The number of carbonyl (C=O) groups is 3. The fraction of sp³-hybridized carbons (Fsp3) is 0.389. The highest BCUT2D eigenvalue weighted by Crippen LogP contribution is 2.16. The van der Waals surface area contributed by atoms with E-state index < -0.39 is 23.5 Å². The lowest BCUT2D eigenvalue weighted by molar-refractivity contribution is -0.145. The number of hydrogen-bond acceptors (Lipinski definition) is 6. The van der Waals surface area contributed by atoms with Gasteiger partial charge in [0, 0.05) is 25.2 Å². The van der Waals surface area contributed by atoms with Crippen molar-refractivity contribution in [2.45, 2.75) is 19.4 Å². The van der Waals surface area contributed by atoms with Gasteiger partial charge < -0.3 is 15.0 Å². The van der Waals surface area contributed by atoms with Crippen molar-refractivity contribution in [3.05, 3.63) is 40.3 Å². The molecule has 0 unspecified atom stereocenters. The van der Waals surface area contributed by atoms with Crippen molar-refractivity contribution < 1.29 is 19.1 Å². The minimum Gasteiger partial charge on any atom is -0.466 e. The fourth-order valence-corrected chi connectivity index (χ4v) is 3.12. The quantitative estimate of drug-likeness (QED) is 0.746. The van der Waals surface area contributed by atoms with Gasteiger partial charge in [0.15, 0.2) is 0 Å². The zero-order chi connectivity index (χ0) is 19.6. The van der Waals surface area contributed by atoms with Gasteiger partial charge >= 0.3 is 5.97 Å². The average molecular weight is 372 g/mol. The van der Waals surface area contributed by atoms with Gasteiger partial charge in [0.25, 0.3) is 11.5 Å². The summed E-state index contributed by atoms with van der Waals surface area (Å²) < 4.78 is 6.24. The van der Waals surface area contributed by atoms with Crippen molar-refractivity contribution in [2.24, 2.45) is 7.05 Å². The molecule has 1 N–H and O–H groups in total. The number of aromatic nitrogens is 2. The number of pyridine rings is 2. The molecule has 27 heavy (non-hydrogen) atoms. The first-order chi connectivity index (χ1) is 12.9. The SMILES string of the molecule is CCOC(=O)C[C@@H]1CNC(=O)CN1C(=O)c1cc2cccnc2n(C)c1=O. The number of piperazine rings is 1. The van der Waals surface area contributed by atoms with Crippen LogP contribution in [0.15, 0.2) is 29.2 Å². The molecular weight excluding hydrogens is 352 g/mol. The Bertz CT molecular complexity index is 968. The van der Waals surface area contributed by atoms with Gasteiger partial charge in [0.2, 0.25) is 5.91 Å². The minimum absolute atomic E-state index is 0.0602. The largest absolute Gasteiger partial charge is 0.466 e. The van der Waals surface area contributed by atoms with E-state index in [1.165, 1.54) is 22.6 Å². The first-order valence-electron chi connectivity index (χ1n) is 8.60. The number of ether oxygens (including phenoxy) is 1. The van der Waals surface area contributed by atoms with Crippen LogP contribution in [-0.2, 0) is 21.4 Å². The molecule has 2 amide bonds. The molecule has 1 aliphatic rings. The molecule has 3 heterocycles. The maximum absolute atomic E-state index is 13.1. The molecule has 9 nitrogen and oxygen atoms in total. The Kier molecular flexibility index (Phi) is 5.20. The van der Waals surface area contributed by atoms with E-state index in [4.69, 9.17) is 4.74 Å². The van der Waals surface area contributed by atoms with Crippen LogP contribution in [0.1, 0.15) is 23.7 Å². The smallest absolute Gasteiger partial charge is 0.307 e. The first-order valence-corrected chi connectivity index (χ1v) is 8.60. The van der Waals surface area contributed by atoms with Crippen molar-refractivity contribution in [2.75, 3.05) is 19.7 Å². The average Bonchev–Trinajstić information content (AvgIpc) is 2.66. The third-order valence-corrected chi connectivity index (χ3v) is 4.46. The zero-order valence-corrected chi connectivity index (χ0v) is 15.1. The molecule has 9 heteroatoms. The van der Waals surface area contributed by atoms with E-state index in [1.807, 2.05) is 0 Å². The standard InChI is InChI=1S/C18H20N4O5/c1-3-27-15(24)8-12-9-20-14(23)10-22(12)18(26)13-7-11-5-4-6-19-16(11)21(2)17(13)25/h4-7,12H,3,8-10H2,1-2H3,(H,20,23)/t12-/m1/s1.